The molecule has 3 rings (SSSR count). The monoisotopic (exact) mass is 409 g/mol. The number of rotatable bonds is 6. The van der Waals surface area contributed by atoms with Gasteiger partial charge in [-0.3, -0.25) is 4.79 Å². The molecule has 160 valence electrons. The Labute approximate surface area is 178 Å². The summed E-state index contributed by atoms with van der Waals surface area (Å²) < 4.78 is 0. The van der Waals surface area contributed by atoms with Gasteiger partial charge in [-0.05, 0) is 55.2 Å². The van der Waals surface area contributed by atoms with Crippen LogP contribution in [-0.4, -0.2) is 43.2 Å². The van der Waals surface area contributed by atoms with Crippen LogP contribution in [0, 0.1) is 19.8 Å². The molecule has 2 N–H and O–H groups in total. The molecule has 2 aromatic rings. The van der Waals surface area contributed by atoms with E-state index in [-0.39, 0.29) is 17.4 Å². The van der Waals surface area contributed by atoms with Crippen LogP contribution in [0.25, 0.3) is 0 Å². The Hall–Kier alpha value is -3.02. The van der Waals surface area contributed by atoms with Crippen LogP contribution < -0.4 is 15.1 Å². The third kappa shape index (κ3) is 4.93. The predicted molar refractivity (Wildman–Crippen MR) is 122 cm³/mol. The third-order valence-corrected chi connectivity index (χ3v) is 5.66. The summed E-state index contributed by atoms with van der Waals surface area (Å²) in [5, 5.41) is 12.4. The molecule has 1 amide bonds. The van der Waals surface area contributed by atoms with Crippen molar-refractivity contribution in [2.24, 2.45) is 5.92 Å². The highest BCUT2D eigenvalue weighted by Gasteiger charge is 2.21. The molecule has 0 aromatic heterocycles. The molecule has 0 unspecified atom stereocenters. The molecule has 1 aliphatic rings. The van der Waals surface area contributed by atoms with Gasteiger partial charge in [0.15, 0.2) is 0 Å². The average Bonchev–Trinajstić information content (AvgIpc) is 2.70. The average molecular weight is 410 g/mol. The van der Waals surface area contributed by atoms with Crippen molar-refractivity contribution in [3.05, 3.63) is 53.1 Å². The fourth-order valence-corrected chi connectivity index (χ4v) is 3.87. The number of carbonyl (C=O) groups excluding carboxylic acids is 1. The van der Waals surface area contributed by atoms with Gasteiger partial charge in [0.1, 0.15) is 0 Å². The number of carboxylic acid groups (broad SMARTS) is 1. The minimum atomic E-state index is -1.04. The number of hydrogen-bond acceptors (Lipinski definition) is 4. The molecule has 1 aliphatic heterocycles. The lowest BCUT2D eigenvalue weighted by atomic mass is 10.1. The van der Waals surface area contributed by atoms with Crippen molar-refractivity contribution in [3.63, 3.8) is 0 Å². The van der Waals surface area contributed by atoms with Gasteiger partial charge in [0.2, 0.25) is 5.91 Å². The summed E-state index contributed by atoms with van der Waals surface area (Å²) in [5.74, 6) is -0.987. The first-order valence-corrected chi connectivity index (χ1v) is 10.5. The highest BCUT2D eigenvalue weighted by atomic mass is 16.4. The number of piperazine rings is 1. The SMILES string of the molecule is Cc1cccc(N2CCN(c3ccc(NC(=O)CC(C)C)c(C(=O)O)c3)CC2)c1C. The van der Waals surface area contributed by atoms with Gasteiger partial charge in [-0.2, -0.15) is 0 Å². The van der Waals surface area contributed by atoms with Crippen molar-refractivity contribution >= 4 is 28.9 Å². The maximum atomic E-state index is 12.1. The van der Waals surface area contributed by atoms with Gasteiger partial charge in [0.05, 0.1) is 11.3 Å². The minimum Gasteiger partial charge on any atom is -0.478 e. The molecule has 0 bridgehead atoms. The zero-order valence-electron chi connectivity index (χ0n) is 18.2. The van der Waals surface area contributed by atoms with E-state index in [1.54, 1.807) is 12.1 Å². The standard InChI is InChI=1S/C24H31N3O3/c1-16(2)14-23(28)25-21-9-8-19(15-20(21)24(29)30)26-10-12-27(13-11-26)22-7-5-6-17(3)18(22)4/h5-9,15-16H,10-14H2,1-4H3,(H,25,28)(H,29,30). The van der Waals surface area contributed by atoms with Gasteiger partial charge in [-0.15, -0.1) is 0 Å². The van der Waals surface area contributed by atoms with Gasteiger partial charge >= 0.3 is 5.97 Å². The topological polar surface area (TPSA) is 72.9 Å². The van der Waals surface area contributed by atoms with Gasteiger partial charge in [0, 0.05) is 44.0 Å². The molecule has 6 nitrogen and oxygen atoms in total. The third-order valence-electron chi connectivity index (χ3n) is 5.66. The number of carbonyl (C=O) groups is 2. The molecule has 0 saturated carbocycles. The van der Waals surface area contributed by atoms with Crippen LogP contribution in [-0.2, 0) is 4.79 Å². The van der Waals surface area contributed by atoms with E-state index in [0.717, 1.165) is 31.9 Å². The Morgan fingerprint density at radius 1 is 1.03 bits per heavy atom. The molecule has 0 aliphatic carbocycles. The zero-order valence-corrected chi connectivity index (χ0v) is 18.2. The van der Waals surface area contributed by atoms with Gasteiger partial charge in [-0.25, -0.2) is 4.79 Å². The lowest BCUT2D eigenvalue weighted by Crippen LogP contribution is -2.46. The normalized spacial score (nSPS) is 14.2. The number of carboxylic acids is 1. The van der Waals surface area contributed by atoms with E-state index in [9.17, 15) is 14.7 Å². The summed E-state index contributed by atoms with van der Waals surface area (Å²) in [6.07, 6.45) is 0.362. The molecular weight excluding hydrogens is 378 g/mol. The van der Waals surface area contributed by atoms with E-state index in [0.29, 0.717) is 12.1 Å². The fourth-order valence-electron chi connectivity index (χ4n) is 3.87. The van der Waals surface area contributed by atoms with Crippen molar-refractivity contribution in [2.75, 3.05) is 41.3 Å². The van der Waals surface area contributed by atoms with Crippen LogP contribution in [0.1, 0.15) is 41.8 Å². The Kier molecular flexibility index (Phi) is 6.65. The largest absolute Gasteiger partial charge is 0.478 e. The number of amides is 1. The van der Waals surface area contributed by atoms with E-state index < -0.39 is 5.97 Å². The summed E-state index contributed by atoms with van der Waals surface area (Å²) in [5.41, 5.74) is 5.21. The summed E-state index contributed by atoms with van der Waals surface area (Å²) in [6.45, 7) is 11.6. The fraction of sp³-hybridized carbons (Fsp3) is 0.417. The Morgan fingerprint density at radius 2 is 1.70 bits per heavy atom. The molecule has 0 radical (unpaired) electrons. The Balaban J connectivity index is 1.72. The first kappa shape index (κ1) is 21.7. The molecular formula is C24H31N3O3. The molecule has 30 heavy (non-hydrogen) atoms. The number of aromatic carboxylic acids is 1. The first-order chi connectivity index (χ1) is 14.3. The van der Waals surface area contributed by atoms with Crippen LogP contribution in [0.4, 0.5) is 17.1 Å². The van der Waals surface area contributed by atoms with Crippen molar-refractivity contribution in [1.29, 1.82) is 0 Å². The predicted octanol–water partition coefficient (Wildman–Crippen LogP) is 4.31. The maximum absolute atomic E-state index is 12.1. The summed E-state index contributed by atoms with van der Waals surface area (Å²) in [4.78, 5) is 28.5. The second kappa shape index (κ2) is 9.20. The van der Waals surface area contributed by atoms with Crippen molar-refractivity contribution in [1.82, 2.24) is 0 Å². The minimum absolute atomic E-state index is 0.126. The molecule has 0 atom stereocenters. The second-order valence-corrected chi connectivity index (χ2v) is 8.37. The first-order valence-electron chi connectivity index (χ1n) is 10.5. The molecule has 1 heterocycles. The highest BCUT2D eigenvalue weighted by Crippen LogP contribution is 2.28. The summed E-state index contributed by atoms with van der Waals surface area (Å²) in [7, 11) is 0. The molecule has 2 aromatic carbocycles. The van der Waals surface area contributed by atoms with E-state index in [2.05, 4.69) is 47.2 Å². The molecule has 0 spiro atoms. The van der Waals surface area contributed by atoms with Crippen molar-refractivity contribution in [2.45, 2.75) is 34.1 Å². The Morgan fingerprint density at radius 3 is 2.33 bits per heavy atom. The van der Waals surface area contributed by atoms with Crippen LogP contribution >= 0.6 is 0 Å². The number of benzene rings is 2. The van der Waals surface area contributed by atoms with E-state index in [4.69, 9.17) is 0 Å². The van der Waals surface area contributed by atoms with E-state index in [1.165, 1.54) is 16.8 Å². The number of anilines is 3. The number of aryl methyl sites for hydroxylation is 1. The summed E-state index contributed by atoms with van der Waals surface area (Å²) in [6, 6.07) is 11.6. The lowest BCUT2D eigenvalue weighted by molar-refractivity contribution is -0.116. The maximum Gasteiger partial charge on any atom is 0.337 e. The van der Waals surface area contributed by atoms with Crippen LogP contribution in [0.5, 0.6) is 0 Å². The summed E-state index contributed by atoms with van der Waals surface area (Å²) >= 11 is 0. The van der Waals surface area contributed by atoms with Crippen molar-refractivity contribution < 1.29 is 14.7 Å². The van der Waals surface area contributed by atoms with Crippen LogP contribution in [0.15, 0.2) is 36.4 Å². The zero-order chi connectivity index (χ0) is 21.8. The molecule has 1 fully saturated rings. The lowest BCUT2D eigenvalue weighted by Gasteiger charge is -2.38. The quantitative estimate of drug-likeness (QED) is 0.744. The highest BCUT2D eigenvalue weighted by molar-refractivity contribution is 6.01. The number of nitrogens with zero attached hydrogens (tertiary/aromatic N) is 2. The number of hydrogen-bond donors (Lipinski definition) is 2. The van der Waals surface area contributed by atoms with Gasteiger partial charge in [0.25, 0.3) is 0 Å². The second-order valence-electron chi connectivity index (χ2n) is 8.37. The van der Waals surface area contributed by atoms with Crippen LogP contribution in [0.2, 0.25) is 0 Å². The van der Waals surface area contributed by atoms with Crippen LogP contribution in [0.3, 0.4) is 0 Å². The molecule has 1 saturated heterocycles. The number of nitrogens with one attached hydrogen (secondary N) is 1. The van der Waals surface area contributed by atoms with Gasteiger partial charge in [-0.1, -0.05) is 26.0 Å². The van der Waals surface area contributed by atoms with E-state index >= 15 is 0 Å². The van der Waals surface area contributed by atoms with E-state index in [1.807, 2.05) is 19.9 Å². The molecule has 6 heteroatoms. The smallest absolute Gasteiger partial charge is 0.337 e. The van der Waals surface area contributed by atoms with Crippen molar-refractivity contribution in [3.8, 4) is 0 Å². The Bertz CT molecular complexity index is 931. The van der Waals surface area contributed by atoms with Gasteiger partial charge < -0.3 is 20.2 Å².